The molecule has 0 saturated heterocycles. The van der Waals surface area contributed by atoms with Crippen LogP contribution in [0.2, 0.25) is 0 Å². The maximum Gasteiger partial charge on any atom is -0.0159 e. The number of benzene rings is 2. The van der Waals surface area contributed by atoms with Gasteiger partial charge >= 0.3 is 0 Å². The van der Waals surface area contributed by atoms with Crippen LogP contribution in [0.25, 0.3) is 0 Å². The highest BCUT2D eigenvalue weighted by molar-refractivity contribution is 5.28. The molecule has 0 bridgehead atoms. The van der Waals surface area contributed by atoms with Gasteiger partial charge in [0.2, 0.25) is 0 Å². The van der Waals surface area contributed by atoms with Gasteiger partial charge in [-0.3, -0.25) is 0 Å². The summed E-state index contributed by atoms with van der Waals surface area (Å²) in [6.07, 6.45) is 7.86. The summed E-state index contributed by atoms with van der Waals surface area (Å²) in [4.78, 5) is 0. The fourth-order valence-corrected chi connectivity index (χ4v) is 3.75. The van der Waals surface area contributed by atoms with Gasteiger partial charge in [-0.1, -0.05) is 67.4 Å². The van der Waals surface area contributed by atoms with Gasteiger partial charge in [-0.25, -0.2) is 0 Å². The predicted octanol–water partition coefficient (Wildman–Crippen LogP) is 6.07. The van der Waals surface area contributed by atoms with Gasteiger partial charge in [0.25, 0.3) is 0 Å². The van der Waals surface area contributed by atoms with E-state index in [1.165, 1.54) is 42.4 Å². The summed E-state index contributed by atoms with van der Waals surface area (Å²) in [5.74, 6) is 1.78. The third-order valence-corrected chi connectivity index (χ3v) is 5.39. The Morgan fingerprint density at radius 1 is 0.818 bits per heavy atom. The SMILES string of the molecule is CC[C@H]1CC[C@@H](c2ccc(CCc3ccc(C)cc3)cc2)C1. The van der Waals surface area contributed by atoms with Crippen LogP contribution in [0.1, 0.15) is 60.8 Å². The largest absolute Gasteiger partial charge is 0.0651 e. The molecule has 0 aromatic heterocycles. The van der Waals surface area contributed by atoms with Gasteiger partial charge in [0, 0.05) is 0 Å². The van der Waals surface area contributed by atoms with Crippen molar-refractivity contribution in [2.24, 2.45) is 5.92 Å². The first-order valence-electron chi connectivity index (χ1n) is 8.89. The van der Waals surface area contributed by atoms with Crippen LogP contribution < -0.4 is 0 Å². The van der Waals surface area contributed by atoms with E-state index in [4.69, 9.17) is 0 Å². The zero-order chi connectivity index (χ0) is 15.4. The Labute approximate surface area is 135 Å². The normalized spacial score (nSPS) is 21.2. The van der Waals surface area contributed by atoms with Crippen molar-refractivity contribution in [3.05, 3.63) is 70.8 Å². The molecule has 1 saturated carbocycles. The molecule has 0 heterocycles. The Morgan fingerprint density at radius 3 is 1.95 bits per heavy atom. The number of hydrogen-bond donors (Lipinski definition) is 0. The number of rotatable bonds is 5. The van der Waals surface area contributed by atoms with Crippen LogP contribution in [-0.4, -0.2) is 0 Å². The second-order valence-electron chi connectivity index (χ2n) is 7.01. The van der Waals surface area contributed by atoms with E-state index < -0.39 is 0 Å². The van der Waals surface area contributed by atoms with Crippen molar-refractivity contribution in [2.75, 3.05) is 0 Å². The molecule has 1 aliphatic carbocycles. The lowest BCUT2D eigenvalue weighted by Crippen LogP contribution is -1.96. The first-order valence-corrected chi connectivity index (χ1v) is 8.89. The molecule has 22 heavy (non-hydrogen) atoms. The van der Waals surface area contributed by atoms with Crippen LogP contribution in [0.15, 0.2) is 48.5 Å². The summed E-state index contributed by atoms with van der Waals surface area (Å²) >= 11 is 0. The third kappa shape index (κ3) is 3.80. The molecule has 3 rings (SSSR count). The fourth-order valence-electron chi connectivity index (χ4n) is 3.75. The van der Waals surface area contributed by atoms with Crippen molar-refractivity contribution in [1.29, 1.82) is 0 Å². The van der Waals surface area contributed by atoms with Crippen LogP contribution >= 0.6 is 0 Å². The van der Waals surface area contributed by atoms with Gasteiger partial charge in [0.1, 0.15) is 0 Å². The Hall–Kier alpha value is -1.56. The van der Waals surface area contributed by atoms with Gasteiger partial charge in [-0.2, -0.15) is 0 Å². The first kappa shape index (κ1) is 15.3. The fraction of sp³-hybridized carbons (Fsp3) is 0.455. The number of hydrogen-bond acceptors (Lipinski definition) is 0. The summed E-state index contributed by atoms with van der Waals surface area (Å²) in [5, 5.41) is 0. The maximum atomic E-state index is 2.38. The summed E-state index contributed by atoms with van der Waals surface area (Å²) in [5.41, 5.74) is 5.82. The highest BCUT2D eigenvalue weighted by atomic mass is 14.3. The van der Waals surface area contributed by atoms with E-state index in [1.54, 1.807) is 5.56 Å². The van der Waals surface area contributed by atoms with Crippen molar-refractivity contribution in [3.63, 3.8) is 0 Å². The van der Waals surface area contributed by atoms with Gasteiger partial charge < -0.3 is 0 Å². The quantitative estimate of drug-likeness (QED) is 0.627. The average Bonchev–Trinajstić information content (AvgIpc) is 3.04. The Kier molecular flexibility index (Phi) is 4.97. The molecule has 0 heteroatoms. The summed E-state index contributed by atoms with van der Waals surface area (Å²) in [7, 11) is 0. The van der Waals surface area contributed by atoms with Gasteiger partial charge in [0.15, 0.2) is 0 Å². The standard InChI is InChI=1S/C22H28/c1-3-18-10-15-22(16-18)21-13-11-20(12-14-21)9-8-19-6-4-17(2)5-7-19/h4-7,11-14,18,22H,3,8-10,15-16H2,1-2H3/t18-,22+/m0/s1. The Morgan fingerprint density at radius 2 is 1.41 bits per heavy atom. The second kappa shape index (κ2) is 7.13. The van der Waals surface area contributed by atoms with E-state index in [9.17, 15) is 0 Å². The highest BCUT2D eigenvalue weighted by Gasteiger charge is 2.24. The van der Waals surface area contributed by atoms with Crippen LogP contribution in [0.3, 0.4) is 0 Å². The molecule has 2 aromatic carbocycles. The zero-order valence-electron chi connectivity index (χ0n) is 14.0. The zero-order valence-corrected chi connectivity index (χ0v) is 14.0. The molecule has 0 aliphatic heterocycles. The van der Waals surface area contributed by atoms with E-state index in [2.05, 4.69) is 62.4 Å². The summed E-state index contributed by atoms with van der Waals surface area (Å²) < 4.78 is 0. The van der Waals surface area contributed by atoms with Crippen molar-refractivity contribution in [3.8, 4) is 0 Å². The maximum absolute atomic E-state index is 2.38. The molecule has 0 radical (unpaired) electrons. The van der Waals surface area contributed by atoms with E-state index in [-0.39, 0.29) is 0 Å². The number of aryl methyl sites for hydroxylation is 3. The molecule has 0 amide bonds. The highest BCUT2D eigenvalue weighted by Crippen LogP contribution is 2.39. The average molecular weight is 292 g/mol. The van der Waals surface area contributed by atoms with Crippen LogP contribution in [0.5, 0.6) is 0 Å². The lowest BCUT2D eigenvalue weighted by atomic mass is 9.94. The molecule has 2 aromatic rings. The molecular weight excluding hydrogens is 264 g/mol. The van der Waals surface area contributed by atoms with Gasteiger partial charge in [0.05, 0.1) is 0 Å². The van der Waals surface area contributed by atoms with Gasteiger partial charge in [-0.05, 0) is 67.6 Å². The van der Waals surface area contributed by atoms with E-state index >= 15 is 0 Å². The third-order valence-electron chi connectivity index (χ3n) is 5.39. The molecule has 0 spiro atoms. The summed E-state index contributed by atoms with van der Waals surface area (Å²) in [6.45, 7) is 4.48. The smallest absolute Gasteiger partial charge is 0.0159 e. The Bertz CT molecular complexity index is 576. The van der Waals surface area contributed by atoms with E-state index in [1.807, 2.05) is 0 Å². The monoisotopic (exact) mass is 292 g/mol. The molecule has 1 aliphatic rings. The minimum absolute atomic E-state index is 0.816. The van der Waals surface area contributed by atoms with Crippen LogP contribution in [0, 0.1) is 12.8 Å². The first-order chi connectivity index (χ1) is 10.7. The predicted molar refractivity (Wildman–Crippen MR) is 95.4 cm³/mol. The van der Waals surface area contributed by atoms with E-state index in [0.29, 0.717) is 0 Å². The molecule has 0 N–H and O–H groups in total. The molecule has 1 fully saturated rings. The molecule has 0 nitrogen and oxygen atoms in total. The lowest BCUT2D eigenvalue weighted by molar-refractivity contribution is 0.521. The Balaban J connectivity index is 1.56. The van der Waals surface area contributed by atoms with Crippen LogP contribution in [-0.2, 0) is 12.8 Å². The topological polar surface area (TPSA) is 0 Å². The molecule has 116 valence electrons. The van der Waals surface area contributed by atoms with E-state index in [0.717, 1.165) is 24.7 Å². The lowest BCUT2D eigenvalue weighted by Gasteiger charge is -2.11. The van der Waals surface area contributed by atoms with Crippen molar-refractivity contribution < 1.29 is 0 Å². The van der Waals surface area contributed by atoms with Crippen molar-refractivity contribution in [2.45, 2.75) is 58.3 Å². The van der Waals surface area contributed by atoms with Crippen LogP contribution in [0.4, 0.5) is 0 Å². The second-order valence-corrected chi connectivity index (χ2v) is 7.01. The molecule has 2 atom stereocenters. The van der Waals surface area contributed by atoms with Gasteiger partial charge in [-0.15, -0.1) is 0 Å². The minimum Gasteiger partial charge on any atom is -0.0651 e. The van der Waals surface area contributed by atoms with Crippen molar-refractivity contribution >= 4 is 0 Å². The molecule has 0 unspecified atom stereocenters. The molecular formula is C22H28. The minimum atomic E-state index is 0.816. The van der Waals surface area contributed by atoms with Crippen molar-refractivity contribution in [1.82, 2.24) is 0 Å². The summed E-state index contributed by atoms with van der Waals surface area (Å²) in [6, 6.07) is 18.4.